The smallest absolute Gasteiger partial charge is 0.169 e. The Kier molecular flexibility index (Phi) is 5.90. The number of nitrogens with zero attached hydrogens (tertiary/aromatic N) is 2. The average Bonchev–Trinajstić information content (AvgIpc) is 2.67. The summed E-state index contributed by atoms with van der Waals surface area (Å²) in [6, 6.07) is 16.5. The summed E-state index contributed by atoms with van der Waals surface area (Å²) in [6.07, 6.45) is 1.86. The number of quaternary nitrogens is 1. The first kappa shape index (κ1) is 17.3. The Hall–Kier alpha value is -2.53. The molecule has 0 unspecified atom stereocenters. The first-order valence-corrected chi connectivity index (χ1v) is 8.67. The van der Waals surface area contributed by atoms with Crippen LogP contribution in [0, 0.1) is 0 Å². The van der Waals surface area contributed by atoms with Crippen LogP contribution in [0.15, 0.2) is 53.6 Å². The van der Waals surface area contributed by atoms with E-state index in [0.29, 0.717) is 0 Å². The van der Waals surface area contributed by atoms with Gasteiger partial charge in [-0.15, -0.1) is 0 Å². The van der Waals surface area contributed by atoms with E-state index in [1.54, 1.807) is 19.1 Å². The highest BCUT2D eigenvalue weighted by atomic mass is 16.5. The maximum atomic E-state index is 5.45. The first-order valence-electron chi connectivity index (χ1n) is 8.67. The van der Waals surface area contributed by atoms with E-state index in [0.717, 1.165) is 49.8 Å². The second-order valence-corrected chi connectivity index (χ2v) is 6.19. The summed E-state index contributed by atoms with van der Waals surface area (Å²) in [5.41, 5.74) is 2.33. The lowest BCUT2D eigenvalue weighted by atomic mass is 10.2. The third-order valence-corrected chi connectivity index (χ3v) is 4.54. The third kappa shape index (κ3) is 4.51. The van der Waals surface area contributed by atoms with Crippen molar-refractivity contribution in [1.29, 1.82) is 0 Å². The van der Waals surface area contributed by atoms with Crippen LogP contribution in [-0.4, -0.2) is 51.6 Å². The van der Waals surface area contributed by atoms with Gasteiger partial charge in [0.2, 0.25) is 0 Å². The average molecular weight is 340 g/mol. The van der Waals surface area contributed by atoms with Gasteiger partial charge in [-0.3, -0.25) is 5.01 Å². The monoisotopic (exact) mass is 340 g/mol. The number of ether oxygens (including phenoxy) is 2. The molecule has 2 aromatic rings. The van der Waals surface area contributed by atoms with Crippen molar-refractivity contribution in [2.75, 3.05) is 40.4 Å². The van der Waals surface area contributed by atoms with Crippen LogP contribution < -0.4 is 14.4 Å². The molecule has 1 aliphatic rings. The molecule has 0 radical (unpaired) electrons. The van der Waals surface area contributed by atoms with Crippen molar-refractivity contribution in [1.82, 2.24) is 5.01 Å². The van der Waals surface area contributed by atoms with Gasteiger partial charge in [0.25, 0.3) is 0 Å². The summed E-state index contributed by atoms with van der Waals surface area (Å²) in [5.74, 6) is 1.45. The van der Waals surface area contributed by atoms with Crippen LogP contribution in [0.1, 0.15) is 11.1 Å². The molecule has 0 aromatic heterocycles. The van der Waals surface area contributed by atoms with Crippen molar-refractivity contribution in [3.63, 3.8) is 0 Å². The quantitative estimate of drug-likeness (QED) is 0.809. The number of benzene rings is 2. The Morgan fingerprint density at radius 3 is 2.44 bits per heavy atom. The minimum Gasteiger partial charge on any atom is -0.493 e. The number of piperazine rings is 1. The van der Waals surface area contributed by atoms with Gasteiger partial charge in [0.15, 0.2) is 11.5 Å². The molecule has 2 aromatic carbocycles. The van der Waals surface area contributed by atoms with E-state index in [1.165, 1.54) is 5.56 Å². The first-order chi connectivity index (χ1) is 12.3. The number of para-hydroxylation sites is 1. The topological polar surface area (TPSA) is 38.5 Å². The number of rotatable bonds is 6. The number of hydrogen-bond donors (Lipinski definition) is 1. The van der Waals surface area contributed by atoms with Gasteiger partial charge in [0, 0.05) is 11.1 Å². The largest absolute Gasteiger partial charge is 0.493 e. The molecule has 0 bridgehead atoms. The Morgan fingerprint density at radius 1 is 1.00 bits per heavy atom. The molecular weight excluding hydrogens is 314 g/mol. The van der Waals surface area contributed by atoms with E-state index < -0.39 is 0 Å². The SMILES string of the molecule is COc1cccc(C=NN2CC[NH+](Cc3ccccc3)CC2)c1OC. The minimum absolute atomic E-state index is 0.724. The highest BCUT2D eigenvalue weighted by Crippen LogP contribution is 2.29. The van der Waals surface area contributed by atoms with E-state index in [2.05, 4.69) is 40.4 Å². The van der Waals surface area contributed by atoms with Crippen molar-refractivity contribution < 1.29 is 14.4 Å². The molecule has 0 atom stereocenters. The highest BCUT2D eigenvalue weighted by Gasteiger charge is 2.18. The van der Waals surface area contributed by atoms with Crippen LogP contribution in [0.3, 0.4) is 0 Å². The lowest BCUT2D eigenvalue weighted by Crippen LogP contribution is -3.13. The molecule has 0 amide bonds. The van der Waals surface area contributed by atoms with Crippen molar-refractivity contribution in [3.05, 3.63) is 59.7 Å². The van der Waals surface area contributed by atoms with Crippen molar-refractivity contribution >= 4 is 6.21 Å². The number of methoxy groups -OCH3 is 2. The normalized spacial score (nSPS) is 15.5. The lowest BCUT2D eigenvalue weighted by Gasteiger charge is -2.30. The Morgan fingerprint density at radius 2 is 1.76 bits per heavy atom. The van der Waals surface area contributed by atoms with Crippen LogP contribution in [0.5, 0.6) is 11.5 Å². The Bertz CT molecular complexity index is 695. The highest BCUT2D eigenvalue weighted by molar-refractivity contribution is 5.84. The fraction of sp³-hybridized carbons (Fsp3) is 0.350. The third-order valence-electron chi connectivity index (χ3n) is 4.54. The van der Waals surface area contributed by atoms with Gasteiger partial charge in [-0.25, -0.2) is 0 Å². The van der Waals surface area contributed by atoms with Crippen molar-refractivity contribution in [2.45, 2.75) is 6.54 Å². The molecule has 3 rings (SSSR count). The van der Waals surface area contributed by atoms with Crippen LogP contribution >= 0.6 is 0 Å². The molecule has 1 fully saturated rings. The number of nitrogens with one attached hydrogen (secondary N) is 1. The molecule has 132 valence electrons. The van der Waals surface area contributed by atoms with Gasteiger partial charge in [0.05, 0.1) is 46.6 Å². The van der Waals surface area contributed by atoms with Gasteiger partial charge in [-0.05, 0) is 12.1 Å². The predicted octanol–water partition coefficient (Wildman–Crippen LogP) is 1.44. The summed E-state index contributed by atoms with van der Waals surface area (Å²) in [6.45, 7) is 5.21. The van der Waals surface area contributed by atoms with Gasteiger partial charge >= 0.3 is 0 Å². The van der Waals surface area contributed by atoms with E-state index in [1.807, 2.05) is 24.4 Å². The van der Waals surface area contributed by atoms with E-state index in [4.69, 9.17) is 9.47 Å². The Balaban J connectivity index is 1.56. The summed E-state index contributed by atoms with van der Waals surface area (Å²) in [7, 11) is 3.30. The maximum Gasteiger partial charge on any atom is 0.169 e. The molecule has 1 saturated heterocycles. The number of hydrazone groups is 1. The second kappa shape index (κ2) is 8.53. The fourth-order valence-corrected chi connectivity index (χ4v) is 3.15. The lowest BCUT2D eigenvalue weighted by molar-refractivity contribution is -0.918. The molecule has 1 heterocycles. The van der Waals surface area contributed by atoms with Crippen molar-refractivity contribution in [2.24, 2.45) is 5.10 Å². The van der Waals surface area contributed by atoms with Crippen LogP contribution in [0.4, 0.5) is 0 Å². The van der Waals surface area contributed by atoms with Gasteiger partial charge in [-0.2, -0.15) is 5.10 Å². The molecule has 1 N–H and O–H groups in total. The van der Waals surface area contributed by atoms with Crippen molar-refractivity contribution in [3.8, 4) is 11.5 Å². The van der Waals surface area contributed by atoms with Gasteiger partial charge in [0.1, 0.15) is 6.54 Å². The molecule has 25 heavy (non-hydrogen) atoms. The summed E-state index contributed by atoms with van der Waals surface area (Å²) in [5, 5.41) is 6.77. The molecule has 5 heteroatoms. The molecule has 0 saturated carbocycles. The minimum atomic E-state index is 0.724. The maximum absolute atomic E-state index is 5.45. The van der Waals surface area contributed by atoms with Crippen LogP contribution in [0.2, 0.25) is 0 Å². The van der Waals surface area contributed by atoms with Crippen LogP contribution in [0.25, 0.3) is 0 Å². The number of hydrogen-bond acceptors (Lipinski definition) is 4. The Labute approximate surface area is 149 Å². The summed E-state index contributed by atoms with van der Waals surface area (Å²) in [4.78, 5) is 1.61. The zero-order chi connectivity index (χ0) is 17.5. The van der Waals surface area contributed by atoms with E-state index in [9.17, 15) is 0 Å². The second-order valence-electron chi connectivity index (χ2n) is 6.19. The molecule has 0 aliphatic carbocycles. The standard InChI is InChI=1S/C20H25N3O2/c1-24-19-10-6-9-18(20(19)25-2)15-21-23-13-11-22(12-14-23)16-17-7-4-3-5-8-17/h3-10,15H,11-14,16H2,1-2H3/p+1. The zero-order valence-corrected chi connectivity index (χ0v) is 14.9. The molecular formula is C20H26N3O2+. The van der Waals surface area contributed by atoms with Gasteiger partial charge < -0.3 is 14.4 Å². The molecule has 1 aliphatic heterocycles. The zero-order valence-electron chi connectivity index (χ0n) is 14.9. The summed E-state index contributed by atoms with van der Waals surface area (Å²) >= 11 is 0. The van der Waals surface area contributed by atoms with Crippen LogP contribution in [-0.2, 0) is 6.54 Å². The molecule has 5 nitrogen and oxygen atoms in total. The predicted molar refractivity (Wildman–Crippen MR) is 99.6 cm³/mol. The fourth-order valence-electron chi connectivity index (χ4n) is 3.15. The van der Waals surface area contributed by atoms with E-state index >= 15 is 0 Å². The van der Waals surface area contributed by atoms with Gasteiger partial charge in [-0.1, -0.05) is 36.4 Å². The van der Waals surface area contributed by atoms with E-state index in [-0.39, 0.29) is 0 Å². The molecule has 0 spiro atoms. The summed E-state index contributed by atoms with van der Waals surface area (Å²) < 4.78 is 10.8.